The van der Waals surface area contributed by atoms with Crippen LogP contribution in [0.25, 0.3) is 0 Å². The van der Waals surface area contributed by atoms with Gasteiger partial charge in [-0.25, -0.2) is 0 Å². The smallest absolute Gasteiger partial charge is 0.292 e. The minimum atomic E-state index is -0.447. The van der Waals surface area contributed by atoms with Crippen LogP contribution in [0.5, 0.6) is 0 Å². The van der Waals surface area contributed by atoms with Gasteiger partial charge in [-0.2, -0.15) is 0 Å². The first-order valence-electron chi connectivity index (χ1n) is 6.40. The van der Waals surface area contributed by atoms with Crippen molar-refractivity contribution in [1.82, 2.24) is 4.90 Å². The van der Waals surface area contributed by atoms with E-state index in [9.17, 15) is 14.9 Å². The fourth-order valence-electron chi connectivity index (χ4n) is 2.67. The second-order valence-corrected chi connectivity index (χ2v) is 5.18. The van der Waals surface area contributed by atoms with E-state index in [1.54, 1.807) is 18.2 Å². The van der Waals surface area contributed by atoms with E-state index in [1.165, 1.54) is 12.5 Å². The lowest BCUT2D eigenvalue weighted by Crippen LogP contribution is -2.35. The Hall–Kier alpha value is -2.11. The summed E-state index contributed by atoms with van der Waals surface area (Å²) in [5.41, 5.74) is 0.393. The van der Waals surface area contributed by atoms with Crippen molar-refractivity contribution in [2.75, 3.05) is 25.0 Å². The summed E-state index contributed by atoms with van der Waals surface area (Å²) in [7, 11) is 0. The molecule has 1 saturated carbocycles. The number of para-hydroxylation sites is 2. The standard InChI is InChI=1S/C13H15N3O3/c17-13(15-7-9-5-10(9)8-15)6-14-11-3-1-2-4-12(11)16(18)19/h1-4,9-10,14H,5-8H2. The Kier molecular flexibility index (Phi) is 2.85. The third kappa shape index (κ3) is 2.38. The number of anilines is 1. The predicted molar refractivity (Wildman–Crippen MR) is 69.8 cm³/mol. The van der Waals surface area contributed by atoms with E-state index >= 15 is 0 Å². The molecule has 6 nitrogen and oxygen atoms in total. The number of likely N-dealkylation sites (tertiary alicyclic amines) is 1. The van der Waals surface area contributed by atoms with Gasteiger partial charge in [0.05, 0.1) is 11.5 Å². The molecule has 0 spiro atoms. The fraction of sp³-hybridized carbons (Fsp3) is 0.462. The summed E-state index contributed by atoms with van der Waals surface area (Å²) >= 11 is 0. The summed E-state index contributed by atoms with van der Waals surface area (Å²) < 4.78 is 0. The van der Waals surface area contributed by atoms with Gasteiger partial charge in [0.25, 0.3) is 5.69 Å². The molecule has 3 rings (SSSR count). The van der Waals surface area contributed by atoms with Gasteiger partial charge < -0.3 is 10.2 Å². The van der Waals surface area contributed by atoms with Crippen molar-refractivity contribution < 1.29 is 9.72 Å². The van der Waals surface area contributed by atoms with Gasteiger partial charge in [0, 0.05) is 19.2 Å². The zero-order valence-corrected chi connectivity index (χ0v) is 10.4. The van der Waals surface area contributed by atoms with E-state index in [4.69, 9.17) is 0 Å². The van der Waals surface area contributed by atoms with E-state index in [0.717, 1.165) is 13.1 Å². The lowest BCUT2D eigenvalue weighted by atomic mass is 10.2. The van der Waals surface area contributed by atoms with Gasteiger partial charge in [-0.05, 0) is 24.3 Å². The molecule has 1 N–H and O–H groups in total. The molecule has 100 valence electrons. The average Bonchev–Trinajstić information content (AvgIpc) is 3.02. The van der Waals surface area contributed by atoms with Gasteiger partial charge in [-0.15, -0.1) is 0 Å². The fourth-order valence-corrected chi connectivity index (χ4v) is 2.67. The van der Waals surface area contributed by atoms with Crippen molar-refractivity contribution in [3.05, 3.63) is 34.4 Å². The first kappa shape index (κ1) is 12.0. The molecule has 6 heteroatoms. The van der Waals surface area contributed by atoms with Crippen LogP contribution >= 0.6 is 0 Å². The van der Waals surface area contributed by atoms with E-state index in [2.05, 4.69) is 5.32 Å². The van der Waals surface area contributed by atoms with Crippen LogP contribution in [0, 0.1) is 22.0 Å². The minimum absolute atomic E-state index is 0.000399. The van der Waals surface area contributed by atoms with E-state index in [1.807, 2.05) is 4.90 Å². The molecule has 1 aliphatic heterocycles. The molecule has 1 saturated heterocycles. The lowest BCUT2D eigenvalue weighted by Gasteiger charge is -2.18. The second-order valence-electron chi connectivity index (χ2n) is 5.18. The Morgan fingerprint density at radius 1 is 1.37 bits per heavy atom. The summed E-state index contributed by atoms with van der Waals surface area (Å²) in [4.78, 5) is 24.2. The van der Waals surface area contributed by atoms with Crippen LogP contribution in [-0.2, 0) is 4.79 Å². The monoisotopic (exact) mass is 261 g/mol. The highest BCUT2D eigenvalue weighted by Gasteiger charge is 2.46. The summed E-state index contributed by atoms with van der Waals surface area (Å²) in [5, 5.41) is 13.7. The van der Waals surface area contributed by atoms with Crippen molar-refractivity contribution in [1.29, 1.82) is 0 Å². The van der Waals surface area contributed by atoms with Crippen molar-refractivity contribution in [2.45, 2.75) is 6.42 Å². The molecule has 2 unspecified atom stereocenters. The van der Waals surface area contributed by atoms with Gasteiger partial charge in [-0.3, -0.25) is 14.9 Å². The zero-order valence-electron chi connectivity index (χ0n) is 10.4. The average molecular weight is 261 g/mol. The lowest BCUT2D eigenvalue weighted by molar-refractivity contribution is -0.383. The molecule has 1 heterocycles. The summed E-state index contributed by atoms with van der Waals surface area (Å²) in [5.74, 6) is 1.43. The van der Waals surface area contributed by atoms with Crippen LogP contribution in [0.2, 0.25) is 0 Å². The molecule has 1 aliphatic carbocycles. The van der Waals surface area contributed by atoms with Gasteiger partial charge >= 0.3 is 0 Å². The molecule has 1 aromatic carbocycles. The van der Waals surface area contributed by atoms with E-state index in [-0.39, 0.29) is 18.1 Å². The van der Waals surface area contributed by atoms with Gasteiger partial charge in [0.15, 0.2) is 0 Å². The van der Waals surface area contributed by atoms with Crippen molar-refractivity contribution in [3.63, 3.8) is 0 Å². The number of hydrogen-bond donors (Lipinski definition) is 1. The Bertz CT molecular complexity index is 522. The number of rotatable bonds is 4. The number of nitro groups is 1. The summed E-state index contributed by atoms with van der Waals surface area (Å²) in [6.07, 6.45) is 1.25. The number of piperidine rings is 1. The molecular weight excluding hydrogens is 246 g/mol. The summed E-state index contributed by atoms with van der Waals surface area (Å²) in [6, 6.07) is 6.37. The third-order valence-electron chi connectivity index (χ3n) is 3.86. The maximum atomic E-state index is 12.0. The number of carbonyl (C=O) groups is 1. The highest BCUT2D eigenvalue weighted by Crippen LogP contribution is 2.44. The van der Waals surface area contributed by atoms with Crippen LogP contribution in [0.1, 0.15) is 6.42 Å². The van der Waals surface area contributed by atoms with E-state index in [0.29, 0.717) is 17.5 Å². The molecule has 0 radical (unpaired) electrons. The minimum Gasteiger partial charge on any atom is -0.371 e. The van der Waals surface area contributed by atoms with Crippen molar-refractivity contribution >= 4 is 17.3 Å². The maximum absolute atomic E-state index is 12.0. The Morgan fingerprint density at radius 2 is 2.05 bits per heavy atom. The highest BCUT2D eigenvalue weighted by molar-refractivity contribution is 5.82. The quantitative estimate of drug-likeness (QED) is 0.658. The molecule has 1 amide bonds. The third-order valence-corrected chi connectivity index (χ3v) is 3.86. The molecule has 1 aromatic rings. The largest absolute Gasteiger partial charge is 0.371 e. The first-order chi connectivity index (χ1) is 9.15. The van der Waals surface area contributed by atoms with Gasteiger partial charge in [0.1, 0.15) is 5.69 Å². The number of nitrogens with one attached hydrogen (secondary N) is 1. The number of amides is 1. The maximum Gasteiger partial charge on any atom is 0.292 e. The highest BCUT2D eigenvalue weighted by atomic mass is 16.6. The first-order valence-corrected chi connectivity index (χ1v) is 6.40. The van der Waals surface area contributed by atoms with Gasteiger partial charge in [0.2, 0.25) is 5.91 Å². The normalized spacial score (nSPS) is 23.9. The van der Waals surface area contributed by atoms with Crippen LogP contribution in [-0.4, -0.2) is 35.4 Å². The number of benzene rings is 1. The molecule has 19 heavy (non-hydrogen) atoms. The van der Waals surface area contributed by atoms with Crippen molar-refractivity contribution in [3.8, 4) is 0 Å². The van der Waals surface area contributed by atoms with Crippen LogP contribution in [0.4, 0.5) is 11.4 Å². The van der Waals surface area contributed by atoms with Crippen LogP contribution < -0.4 is 5.32 Å². The topological polar surface area (TPSA) is 75.5 Å². The van der Waals surface area contributed by atoms with Crippen LogP contribution in [0.3, 0.4) is 0 Å². The number of carbonyl (C=O) groups excluding carboxylic acids is 1. The molecule has 2 fully saturated rings. The molecular formula is C13H15N3O3. The van der Waals surface area contributed by atoms with Crippen molar-refractivity contribution in [2.24, 2.45) is 11.8 Å². The molecule has 0 bridgehead atoms. The van der Waals surface area contributed by atoms with Gasteiger partial charge in [-0.1, -0.05) is 12.1 Å². The van der Waals surface area contributed by atoms with Crippen LogP contribution in [0.15, 0.2) is 24.3 Å². The molecule has 2 aliphatic rings. The Balaban J connectivity index is 1.59. The zero-order chi connectivity index (χ0) is 13.4. The Morgan fingerprint density at radius 3 is 2.74 bits per heavy atom. The number of nitrogens with zero attached hydrogens (tertiary/aromatic N) is 2. The predicted octanol–water partition coefficient (Wildman–Crippen LogP) is 1.48. The second kappa shape index (κ2) is 4.53. The SMILES string of the molecule is O=C(CNc1ccccc1[N+](=O)[O-])N1CC2CC2C1. The summed E-state index contributed by atoms with van der Waals surface area (Å²) in [6.45, 7) is 1.81. The Labute approximate surface area is 110 Å². The number of hydrogen-bond acceptors (Lipinski definition) is 4. The number of nitro benzene ring substituents is 1. The van der Waals surface area contributed by atoms with E-state index < -0.39 is 4.92 Å². The molecule has 0 aromatic heterocycles. The molecule has 2 atom stereocenters. The number of fused-ring (bicyclic) bond motifs is 1.